The van der Waals surface area contributed by atoms with Crippen molar-refractivity contribution in [2.24, 2.45) is 0 Å². The highest BCUT2D eigenvalue weighted by Gasteiger charge is 2.35. The van der Waals surface area contributed by atoms with E-state index in [1.807, 2.05) is 78.9 Å². The number of hydrogen-bond acceptors (Lipinski definition) is 1. The lowest BCUT2D eigenvalue weighted by Gasteiger charge is -2.32. The third-order valence-electron chi connectivity index (χ3n) is 5.78. The number of hydrogen-bond donors (Lipinski definition) is 1. The van der Waals surface area contributed by atoms with E-state index in [-0.39, 0.29) is 0 Å². The highest BCUT2D eigenvalue weighted by Crippen LogP contribution is 2.42. The van der Waals surface area contributed by atoms with Crippen LogP contribution in [0.3, 0.4) is 0 Å². The van der Waals surface area contributed by atoms with E-state index in [1.54, 1.807) is 0 Å². The molecule has 1 heteroatoms. The van der Waals surface area contributed by atoms with Crippen LogP contribution in [0.2, 0.25) is 0 Å². The van der Waals surface area contributed by atoms with Gasteiger partial charge in [-0.1, -0.05) is 127 Å². The van der Waals surface area contributed by atoms with Crippen LogP contribution >= 0.6 is 0 Å². The lowest BCUT2D eigenvalue weighted by Crippen LogP contribution is -2.29. The molecule has 0 aromatic heterocycles. The molecular formula is C29H22O. The van der Waals surface area contributed by atoms with Crippen LogP contribution in [0.25, 0.3) is 21.9 Å². The second-order valence-corrected chi connectivity index (χ2v) is 7.51. The van der Waals surface area contributed by atoms with Gasteiger partial charge in [-0.25, -0.2) is 0 Å². The topological polar surface area (TPSA) is 20.2 Å². The number of fused-ring (bicyclic) bond motifs is 1. The monoisotopic (exact) mass is 386 g/mol. The molecule has 1 nitrogen and oxygen atoms in total. The molecule has 0 fully saturated rings. The summed E-state index contributed by atoms with van der Waals surface area (Å²) in [6, 6.07) is 42.8. The zero-order valence-electron chi connectivity index (χ0n) is 16.6. The van der Waals surface area contributed by atoms with E-state index in [4.69, 9.17) is 0 Å². The minimum atomic E-state index is -1.27. The molecule has 0 unspecified atom stereocenters. The molecule has 144 valence electrons. The zero-order valence-corrected chi connectivity index (χ0v) is 16.6. The molecule has 1 N–H and O–H groups in total. The van der Waals surface area contributed by atoms with Crippen molar-refractivity contribution in [2.45, 2.75) is 5.60 Å². The SMILES string of the molecule is OC(c1ccccc1)(c1ccccc1)c1ccccc1-c1cccc2ccccc12. The fraction of sp³-hybridized carbons (Fsp3) is 0.0345. The summed E-state index contributed by atoms with van der Waals surface area (Å²) in [4.78, 5) is 0. The number of aliphatic hydroxyl groups is 1. The van der Waals surface area contributed by atoms with Gasteiger partial charge in [0.15, 0.2) is 0 Å². The van der Waals surface area contributed by atoms with Crippen LogP contribution in [0.5, 0.6) is 0 Å². The number of benzene rings is 5. The Morgan fingerprint density at radius 1 is 0.433 bits per heavy atom. The second-order valence-electron chi connectivity index (χ2n) is 7.51. The van der Waals surface area contributed by atoms with Gasteiger partial charge in [0.25, 0.3) is 0 Å². The Morgan fingerprint density at radius 2 is 0.933 bits per heavy atom. The van der Waals surface area contributed by atoms with Crippen LogP contribution < -0.4 is 0 Å². The van der Waals surface area contributed by atoms with Crippen LogP contribution in [0.15, 0.2) is 127 Å². The molecule has 0 atom stereocenters. The molecule has 0 radical (unpaired) electrons. The van der Waals surface area contributed by atoms with Crippen molar-refractivity contribution in [1.29, 1.82) is 0 Å². The van der Waals surface area contributed by atoms with E-state index < -0.39 is 5.60 Å². The smallest absolute Gasteiger partial charge is 0.141 e. The average Bonchev–Trinajstić information content (AvgIpc) is 2.84. The summed E-state index contributed by atoms with van der Waals surface area (Å²) in [7, 11) is 0. The highest BCUT2D eigenvalue weighted by molar-refractivity contribution is 5.97. The van der Waals surface area contributed by atoms with Crippen LogP contribution in [-0.2, 0) is 5.60 Å². The first kappa shape index (κ1) is 18.4. The molecule has 0 aliphatic heterocycles. The van der Waals surface area contributed by atoms with Gasteiger partial charge in [0.1, 0.15) is 5.60 Å². The van der Waals surface area contributed by atoms with E-state index >= 15 is 0 Å². The fourth-order valence-corrected chi connectivity index (χ4v) is 4.33. The molecule has 0 heterocycles. The summed E-state index contributed by atoms with van der Waals surface area (Å²) >= 11 is 0. The molecule has 0 spiro atoms. The lowest BCUT2D eigenvalue weighted by molar-refractivity contribution is 0.126. The summed E-state index contributed by atoms with van der Waals surface area (Å²) in [6.45, 7) is 0. The van der Waals surface area contributed by atoms with Gasteiger partial charge in [0.05, 0.1) is 0 Å². The summed E-state index contributed by atoms with van der Waals surface area (Å²) in [6.07, 6.45) is 0. The molecule has 0 aliphatic carbocycles. The first-order valence-corrected chi connectivity index (χ1v) is 10.2. The highest BCUT2D eigenvalue weighted by atomic mass is 16.3. The van der Waals surface area contributed by atoms with Crippen molar-refractivity contribution >= 4 is 10.8 Å². The summed E-state index contributed by atoms with van der Waals surface area (Å²) in [5, 5.41) is 14.7. The second kappa shape index (κ2) is 7.62. The minimum Gasteiger partial charge on any atom is -0.376 e. The van der Waals surface area contributed by atoms with Crippen molar-refractivity contribution in [3.05, 3.63) is 144 Å². The van der Waals surface area contributed by atoms with E-state index in [1.165, 1.54) is 10.8 Å². The molecule has 5 aromatic rings. The van der Waals surface area contributed by atoms with Gasteiger partial charge in [0, 0.05) is 5.56 Å². The maximum atomic E-state index is 12.3. The Kier molecular flexibility index (Phi) is 4.66. The van der Waals surface area contributed by atoms with Crippen molar-refractivity contribution in [1.82, 2.24) is 0 Å². The molecule has 0 saturated carbocycles. The zero-order chi connectivity index (χ0) is 20.4. The maximum Gasteiger partial charge on any atom is 0.141 e. The van der Waals surface area contributed by atoms with Crippen LogP contribution in [0.1, 0.15) is 16.7 Å². The van der Waals surface area contributed by atoms with Gasteiger partial charge in [0.2, 0.25) is 0 Å². The molecule has 30 heavy (non-hydrogen) atoms. The Labute approximate surface area is 176 Å². The van der Waals surface area contributed by atoms with E-state index in [0.29, 0.717) is 0 Å². The minimum absolute atomic E-state index is 0.851. The average molecular weight is 386 g/mol. The predicted molar refractivity (Wildman–Crippen MR) is 124 cm³/mol. The van der Waals surface area contributed by atoms with Crippen molar-refractivity contribution in [2.75, 3.05) is 0 Å². The molecule has 5 aromatic carbocycles. The van der Waals surface area contributed by atoms with Gasteiger partial charge < -0.3 is 5.11 Å². The van der Waals surface area contributed by atoms with Gasteiger partial charge in [-0.2, -0.15) is 0 Å². The third-order valence-corrected chi connectivity index (χ3v) is 5.78. The Hall–Kier alpha value is -3.68. The van der Waals surface area contributed by atoms with Gasteiger partial charge >= 0.3 is 0 Å². The summed E-state index contributed by atoms with van der Waals surface area (Å²) < 4.78 is 0. The lowest BCUT2D eigenvalue weighted by atomic mass is 9.77. The molecule has 0 aliphatic rings. The van der Waals surface area contributed by atoms with Crippen LogP contribution in [0.4, 0.5) is 0 Å². The first-order valence-electron chi connectivity index (χ1n) is 10.2. The largest absolute Gasteiger partial charge is 0.376 e. The summed E-state index contributed by atoms with van der Waals surface area (Å²) in [5.41, 5.74) is 3.46. The Bertz CT molecular complexity index is 1250. The number of rotatable bonds is 4. The van der Waals surface area contributed by atoms with Gasteiger partial charge in [-0.15, -0.1) is 0 Å². The fourth-order valence-electron chi connectivity index (χ4n) is 4.33. The standard InChI is InChI=1S/C29H22O/c30-29(23-14-3-1-4-15-23,24-16-5-2-6-17-24)28-21-10-9-19-27(28)26-20-11-13-22-12-7-8-18-25(22)26/h1-21,30H. The Morgan fingerprint density at radius 3 is 1.63 bits per heavy atom. The quantitative estimate of drug-likeness (QED) is 0.337. The van der Waals surface area contributed by atoms with E-state index in [0.717, 1.165) is 27.8 Å². The third kappa shape index (κ3) is 3.01. The van der Waals surface area contributed by atoms with Crippen molar-refractivity contribution in [3.63, 3.8) is 0 Å². The molecule has 0 saturated heterocycles. The molecule has 0 amide bonds. The van der Waals surface area contributed by atoms with Gasteiger partial charge in [-0.3, -0.25) is 0 Å². The normalized spacial score (nSPS) is 11.5. The van der Waals surface area contributed by atoms with Crippen LogP contribution in [0, 0.1) is 0 Å². The van der Waals surface area contributed by atoms with Crippen molar-refractivity contribution < 1.29 is 5.11 Å². The maximum absolute atomic E-state index is 12.3. The van der Waals surface area contributed by atoms with Crippen LogP contribution in [-0.4, -0.2) is 5.11 Å². The summed E-state index contributed by atoms with van der Waals surface area (Å²) in [5.74, 6) is 0. The van der Waals surface area contributed by atoms with Gasteiger partial charge in [-0.05, 0) is 33.0 Å². The van der Waals surface area contributed by atoms with Crippen molar-refractivity contribution in [3.8, 4) is 11.1 Å². The van der Waals surface area contributed by atoms with E-state index in [2.05, 4.69) is 48.5 Å². The Balaban J connectivity index is 1.83. The predicted octanol–water partition coefficient (Wildman–Crippen LogP) is 6.79. The van der Waals surface area contributed by atoms with E-state index in [9.17, 15) is 5.11 Å². The first-order chi connectivity index (χ1) is 14.8. The molecule has 5 rings (SSSR count). The molecule has 0 bridgehead atoms. The molecular weight excluding hydrogens is 364 g/mol.